The van der Waals surface area contributed by atoms with Gasteiger partial charge in [0.1, 0.15) is 11.5 Å². The lowest BCUT2D eigenvalue weighted by molar-refractivity contribution is 0.391. The van der Waals surface area contributed by atoms with Gasteiger partial charge in [-0.15, -0.1) is 0 Å². The normalized spacial score (nSPS) is 18.2. The zero-order valence-electron chi connectivity index (χ0n) is 17.5. The number of hydrogen-bond donors (Lipinski definition) is 2. The summed E-state index contributed by atoms with van der Waals surface area (Å²) in [6.07, 6.45) is 1.05. The number of anilines is 1. The lowest BCUT2D eigenvalue weighted by Gasteiger charge is -2.22. The highest BCUT2D eigenvalue weighted by Crippen LogP contribution is 2.30. The highest BCUT2D eigenvalue weighted by molar-refractivity contribution is 5.80. The molecule has 0 aliphatic carbocycles. The first-order valence-corrected chi connectivity index (χ1v) is 9.81. The predicted octanol–water partition coefficient (Wildman–Crippen LogP) is 2.85. The number of ether oxygens (including phenoxy) is 1. The van der Waals surface area contributed by atoms with E-state index >= 15 is 0 Å². The predicted molar refractivity (Wildman–Crippen MR) is 113 cm³/mol. The molecule has 1 fully saturated rings. The van der Waals surface area contributed by atoms with Crippen molar-refractivity contribution in [2.24, 2.45) is 4.99 Å². The van der Waals surface area contributed by atoms with Gasteiger partial charge in [0.15, 0.2) is 5.96 Å². The molecule has 7 heteroatoms. The Hall–Kier alpha value is -2.70. The maximum absolute atomic E-state index is 5.50. The summed E-state index contributed by atoms with van der Waals surface area (Å²) in [6.45, 7) is 8.80. The van der Waals surface area contributed by atoms with E-state index in [1.165, 1.54) is 5.56 Å². The smallest absolute Gasteiger partial charge is 0.191 e. The van der Waals surface area contributed by atoms with Gasteiger partial charge in [0.2, 0.25) is 0 Å². The van der Waals surface area contributed by atoms with Crippen LogP contribution < -0.4 is 20.3 Å². The molecule has 0 saturated carbocycles. The van der Waals surface area contributed by atoms with Crippen molar-refractivity contribution in [3.05, 3.63) is 41.3 Å². The van der Waals surface area contributed by atoms with Gasteiger partial charge in [0, 0.05) is 44.2 Å². The fraction of sp³-hybridized carbons (Fsp3) is 0.524. The maximum atomic E-state index is 5.50. The Morgan fingerprint density at radius 3 is 2.86 bits per heavy atom. The summed E-state index contributed by atoms with van der Waals surface area (Å²) >= 11 is 0. The zero-order valence-corrected chi connectivity index (χ0v) is 17.5. The van der Waals surface area contributed by atoms with Crippen LogP contribution in [0.3, 0.4) is 0 Å². The van der Waals surface area contributed by atoms with Gasteiger partial charge in [-0.2, -0.15) is 0 Å². The van der Waals surface area contributed by atoms with Crippen LogP contribution in [0.15, 0.2) is 33.8 Å². The van der Waals surface area contributed by atoms with Crippen LogP contribution in [0.2, 0.25) is 0 Å². The number of rotatable bonds is 6. The van der Waals surface area contributed by atoms with Crippen molar-refractivity contribution in [2.75, 3.05) is 38.7 Å². The van der Waals surface area contributed by atoms with Crippen molar-refractivity contribution >= 4 is 11.6 Å². The Bertz CT molecular complexity index is 797. The van der Waals surface area contributed by atoms with E-state index in [4.69, 9.17) is 9.26 Å². The number of guanidine groups is 1. The number of aromatic nitrogens is 1. The molecular formula is C21H31N5O2. The Kier molecular flexibility index (Phi) is 6.44. The molecule has 0 spiro atoms. The van der Waals surface area contributed by atoms with Gasteiger partial charge >= 0.3 is 0 Å². The summed E-state index contributed by atoms with van der Waals surface area (Å²) in [5.74, 6) is 2.92. The van der Waals surface area contributed by atoms with Crippen molar-refractivity contribution in [3.63, 3.8) is 0 Å². The van der Waals surface area contributed by atoms with E-state index in [2.05, 4.69) is 44.7 Å². The topological polar surface area (TPSA) is 74.9 Å². The number of aliphatic imine (C=N–C) groups is 1. The molecule has 3 rings (SSSR count). The molecule has 1 aliphatic rings. The van der Waals surface area contributed by atoms with Crippen molar-refractivity contribution in [3.8, 4) is 5.75 Å². The molecule has 7 nitrogen and oxygen atoms in total. The number of methoxy groups -OCH3 is 1. The van der Waals surface area contributed by atoms with Crippen LogP contribution in [0.1, 0.15) is 36.3 Å². The molecule has 1 aliphatic heterocycles. The summed E-state index contributed by atoms with van der Waals surface area (Å²) in [6, 6.07) is 8.51. The second-order valence-corrected chi connectivity index (χ2v) is 7.34. The molecule has 0 amide bonds. The minimum Gasteiger partial charge on any atom is -0.495 e. The van der Waals surface area contributed by atoms with Crippen LogP contribution in [0, 0.1) is 13.8 Å². The monoisotopic (exact) mass is 385 g/mol. The third-order valence-corrected chi connectivity index (χ3v) is 5.34. The van der Waals surface area contributed by atoms with E-state index in [1.54, 1.807) is 7.11 Å². The fourth-order valence-corrected chi connectivity index (χ4v) is 3.92. The molecule has 1 saturated heterocycles. The first-order valence-electron chi connectivity index (χ1n) is 9.81. The van der Waals surface area contributed by atoms with E-state index in [-0.39, 0.29) is 0 Å². The Morgan fingerprint density at radius 1 is 1.39 bits per heavy atom. The van der Waals surface area contributed by atoms with E-state index < -0.39 is 0 Å². The molecule has 152 valence electrons. The van der Waals surface area contributed by atoms with Gasteiger partial charge in [-0.3, -0.25) is 4.99 Å². The van der Waals surface area contributed by atoms with E-state index in [9.17, 15) is 0 Å². The van der Waals surface area contributed by atoms with Crippen LogP contribution in [0.4, 0.5) is 5.69 Å². The quantitative estimate of drug-likeness (QED) is 0.588. The lowest BCUT2D eigenvalue weighted by atomic mass is 10.00. The van der Waals surface area contributed by atoms with Crippen LogP contribution >= 0.6 is 0 Å². The van der Waals surface area contributed by atoms with Gasteiger partial charge in [-0.05, 0) is 32.4 Å². The molecule has 2 heterocycles. The SMILES string of the molecule is CN=C(NCC(C)c1c(C)noc1C)NC1CCN(c2ccccc2OC)C1. The summed E-state index contributed by atoms with van der Waals surface area (Å²) < 4.78 is 10.8. The molecule has 1 aromatic heterocycles. The maximum Gasteiger partial charge on any atom is 0.191 e. The summed E-state index contributed by atoms with van der Waals surface area (Å²) in [5.41, 5.74) is 3.27. The fourth-order valence-electron chi connectivity index (χ4n) is 3.92. The molecule has 1 aromatic carbocycles. The zero-order chi connectivity index (χ0) is 20.1. The summed E-state index contributed by atoms with van der Waals surface area (Å²) in [5, 5.41) is 11.0. The van der Waals surface area contributed by atoms with E-state index in [1.807, 2.05) is 33.0 Å². The molecule has 28 heavy (non-hydrogen) atoms. The molecule has 2 aromatic rings. The summed E-state index contributed by atoms with van der Waals surface area (Å²) in [7, 11) is 3.53. The van der Waals surface area contributed by atoms with Crippen molar-refractivity contribution in [1.82, 2.24) is 15.8 Å². The van der Waals surface area contributed by atoms with Gasteiger partial charge in [-0.25, -0.2) is 0 Å². The van der Waals surface area contributed by atoms with Gasteiger partial charge in [-0.1, -0.05) is 24.2 Å². The average molecular weight is 386 g/mol. The minimum absolute atomic E-state index is 0.290. The van der Waals surface area contributed by atoms with Gasteiger partial charge < -0.3 is 24.8 Å². The second-order valence-electron chi connectivity index (χ2n) is 7.34. The second kappa shape index (κ2) is 8.99. The van der Waals surface area contributed by atoms with E-state index in [0.29, 0.717) is 12.0 Å². The van der Waals surface area contributed by atoms with Gasteiger partial charge in [0.05, 0.1) is 18.5 Å². The number of aryl methyl sites for hydroxylation is 2. The number of para-hydroxylation sites is 2. The van der Waals surface area contributed by atoms with Crippen LogP contribution in [-0.4, -0.2) is 50.9 Å². The third-order valence-electron chi connectivity index (χ3n) is 5.34. The first-order chi connectivity index (χ1) is 13.5. The number of benzene rings is 1. The lowest BCUT2D eigenvalue weighted by Crippen LogP contribution is -2.45. The Balaban J connectivity index is 1.54. The molecule has 0 radical (unpaired) electrons. The minimum atomic E-state index is 0.290. The van der Waals surface area contributed by atoms with Crippen molar-refractivity contribution < 1.29 is 9.26 Å². The molecular weight excluding hydrogens is 354 g/mol. The number of nitrogens with zero attached hydrogens (tertiary/aromatic N) is 3. The van der Waals surface area contributed by atoms with Crippen LogP contribution in [-0.2, 0) is 0 Å². The first kappa shape index (κ1) is 20.0. The van der Waals surface area contributed by atoms with Crippen LogP contribution in [0.5, 0.6) is 5.75 Å². The molecule has 2 unspecified atom stereocenters. The average Bonchev–Trinajstić information content (AvgIpc) is 3.31. The highest BCUT2D eigenvalue weighted by atomic mass is 16.5. The largest absolute Gasteiger partial charge is 0.495 e. The number of hydrogen-bond acceptors (Lipinski definition) is 5. The molecule has 2 N–H and O–H groups in total. The number of nitrogens with one attached hydrogen (secondary N) is 2. The van der Waals surface area contributed by atoms with Gasteiger partial charge in [0.25, 0.3) is 0 Å². The standard InChI is InChI=1S/C21H31N5O2/c1-14(20-15(2)25-28-16(20)3)12-23-21(22-4)24-17-10-11-26(13-17)18-8-6-7-9-19(18)27-5/h6-9,14,17H,10-13H2,1-5H3,(H2,22,23,24). The summed E-state index contributed by atoms with van der Waals surface area (Å²) in [4.78, 5) is 6.75. The third kappa shape index (κ3) is 4.40. The Labute approximate surface area is 167 Å². The van der Waals surface area contributed by atoms with E-state index in [0.717, 1.165) is 54.9 Å². The highest BCUT2D eigenvalue weighted by Gasteiger charge is 2.25. The Morgan fingerprint density at radius 2 is 2.18 bits per heavy atom. The van der Waals surface area contributed by atoms with Crippen molar-refractivity contribution in [1.29, 1.82) is 0 Å². The molecule has 2 atom stereocenters. The van der Waals surface area contributed by atoms with Crippen molar-refractivity contribution in [2.45, 2.75) is 39.2 Å². The van der Waals surface area contributed by atoms with Crippen LogP contribution in [0.25, 0.3) is 0 Å². The molecule has 0 bridgehead atoms.